The number of benzene rings is 1. The number of anilines is 1. The molecule has 0 unspecified atom stereocenters. The van der Waals surface area contributed by atoms with Crippen molar-refractivity contribution >= 4 is 26.6 Å². The molecule has 4 heterocycles. The van der Waals surface area contributed by atoms with Gasteiger partial charge in [-0.1, -0.05) is 23.4 Å². The van der Waals surface area contributed by atoms with Crippen LogP contribution >= 0.6 is 0 Å². The molecule has 1 aromatic carbocycles. The van der Waals surface area contributed by atoms with Crippen LogP contribution in [0.4, 0.5) is 5.69 Å². The Morgan fingerprint density at radius 3 is 2.63 bits per heavy atom. The molecule has 2 fully saturated rings. The molecule has 2 aliphatic rings. The first-order chi connectivity index (χ1) is 17.0. The number of nitrogens with one attached hydrogen (secondary N) is 1. The highest BCUT2D eigenvalue weighted by Gasteiger charge is 2.60. The number of nitrogens with zero attached hydrogens (tertiary/aromatic N) is 5. The maximum atomic E-state index is 13.4. The van der Waals surface area contributed by atoms with E-state index in [0.29, 0.717) is 38.2 Å². The lowest BCUT2D eigenvalue weighted by Crippen LogP contribution is -2.28. The van der Waals surface area contributed by atoms with Crippen molar-refractivity contribution in [2.45, 2.75) is 54.8 Å². The Hall–Kier alpha value is -3.31. The van der Waals surface area contributed by atoms with E-state index in [4.69, 9.17) is 9.26 Å². The Kier molecular flexibility index (Phi) is 5.33. The summed E-state index contributed by atoms with van der Waals surface area (Å²) in [4.78, 5) is 9.48. The lowest BCUT2D eigenvalue weighted by atomic mass is 10.1. The van der Waals surface area contributed by atoms with E-state index in [1.54, 1.807) is 42.7 Å². The van der Waals surface area contributed by atoms with Crippen LogP contribution in [0, 0.1) is 0 Å². The van der Waals surface area contributed by atoms with Crippen LogP contribution in [0.1, 0.15) is 38.4 Å². The van der Waals surface area contributed by atoms with Gasteiger partial charge in [-0.15, -0.1) is 0 Å². The summed E-state index contributed by atoms with van der Waals surface area (Å²) in [6, 6.07) is 8.66. The van der Waals surface area contributed by atoms with Crippen LogP contribution in [0.25, 0.3) is 22.5 Å². The van der Waals surface area contributed by atoms with Crippen molar-refractivity contribution in [3.8, 4) is 11.5 Å². The molecule has 0 atom stereocenters. The van der Waals surface area contributed by atoms with Crippen molar-refractivity contribution < 1.29 is 17.7 Å². The molecule has 1 aliphatic carbocycles. The van der Waals surface area contributed by atoms with Crippen molar-refractivity contribution in [1.29, 1.82) is 0 Å². The summed E-state index contributed by atoms with van der Waals surface area (Å²) < 4.78 is 38.7. The van der Waals surface area contributed by atoms with Crippen molar-refractivity contribution in [3.63, 3.8) is 0 Å². The highest BCUT2D eigenvalue weighted by atomic mass is 32.2. The monoisotopic (exact) mass is 494 g/mol. The van der Waals surface area contributed by atoms with E-state index >= 15 is 0 Å². The van der Waals surface area contributed by atoms with E-state index in [2.05, 4.69) is 25.5 Å². The Morgan fingerprint density at radius 2 is 1.91 bits per heavy atom. The Labute approximate surface area is 202 Å². The predicted molar refractivity (Wildman–Crippen MR) is 128 cm³/mol. The number of rotatable bonds is 7. The van der Waals surface area contributed by atoms with Crippen LogP contribution in [0.2, 0.25) is 0 Å². The first kappa shape index (κ1) is 22.2. The number of pyridine rings is 1. The highest BCUT2D eigenvalue weighted by molar-refractivity contribution is 7.92. The molecular weight excluding hydrogens is 468 g/mol. The van der Waals surface area contributed by atoms with Crippen molar-refractivity contribution in [2.24, 2.45) is 0 Å². The third-order valence-electron chi connectivity index (χ3n) is 6.87. The van der Waals surface area contributed by atoms with Gasteiger partial charge in [0.1, 0.15) is 4.75 Å². The summed E-state index contributed by atoms with van der Waals surface area (Å²) in [7, 11) is -3.66. The van der Waals surface area contributed by atoms with Gasteiger partial charge in [0.2, 0.25) is 0 Å². The number of fused-ring (bicyclic) bond motifs is 1. The summed E-state index contributed by atoms with van der Waals surface area (Å²) >= 11 is 0. The van der Waals surface area contributed by atoms with Crippen LogP contribution < -0.4 is 5.32 Å². The zero-order valence-electron chi connectivity index (χ0n) is 19.3. The van der Waals surface area contributed by atoms with Gasteiger partial charge in [-0.3, -0.25) is 0 Å². The molecular formula is C24H26N6O4S. The summed E-state index contributed by atoms with van der Waals surface area (Å²) in [6.45, 7) is 4.09. The fourth-order valence-electron chi connectivity index (χ4n) is 4.69. The van der Waals surface area contributed by atoms with Crippen LogP contribution in [0.15, 0.2) is 52.1 Å². The van der Waals surface area contributed by atoms with Crippen molar-refractivity contribution in [2.75, 3.05) is 18.5 Å². The zero-order valence-corrected chi connectivity index (χ0v) is 20.2. The lowest BCUT2D eigenvalue weighted by Gasteiger charge is -2.25. The molecule has 1 saturated carbocycles. The molecule has 11 heteroatoms. The molecule has 0 spiro atoms. The Morgan fingerprint density at radius 1 is 1.14 bits per heavy atom. The van der Waals surface area contributed by atoms with Crippen molar-refractivity contribution in [1.82, 2.24) is 24.9 Å². The molecule has 1 saturated heterocycles. The first-order valence-corrected chi connectivity index (χ1v) is 13.3. The van der Waals surface area contributed by atoms with Gasteiger partial charge in [-0.25, -0.2) is 18.1 Å². The zero-order chi connectivity index (χ0) is 24.0. The normalized spacial score (nSPS) is 18.1. The fraction of sp³-hybridized carbons (Fsp3) is 0.417. The molecule has 3 aromatic heterocycles. The molecule has 6 rings (SSSR count). The molecule has 35 heavy (non-hydrogen) atoms. The largest absolute Gasteiger partial charge is 0.381 e. The lowest BCUT2D eigenvalue weighted by molar-refractivity contribution is 0.0905. The van der Waals surface area contributed by atoms with Crippen molar-refractivity contribution in [3.05, 3.63) is 48.5 Å². The van der Waals surface area contributed by atoms with Crippen LogP contribution in [-0.4, -0.2) is 52.6 Å². The Bertz CT molecular complexity index is 1470. The highest BCUT2D eigenvalue weighted by Crippen LogP contribution is 2.54. The predicted octanol–water partition coefficient (Wildman–Crippen LogP) is 3.56. The summed E-state index contributed by atoms with van der Waals surface area (Å²) in [6.07, 6.45) is 6.14. The van der Waals surface area contributed by atoms with Gasteiger partial charge in [0.25, 0.3) is 5.89 Å². The Balaban J connectivity index is 1.42. The van der Waals surface area contributed by atoms with Gasteiger partial charge in [-0.05, 0) is 44.7 Å². The minimum absolute atomic E-state index is 0.192. The average molecular weight is 495 g/mol. The van der Waals surface area contributed by atoms with Gasteiger partial charge in [0.15, 0.2) is 21.3 Å². The molecule has 0 radical (unpaired) electrons. The molecule has 0 amide bonds. The second kappa shape index (κ2) is 8.42. The number of ether oxygens (including phenoxy) is 1. The summed E-state index contributed by atoms with van der Waals surface area (Å²) in [5.41, 5.74) is 2.20. The van der Waals surface area contributed by atoms with Gasteiger partial charge < -0.3 is 14.6 Å². The summed E-state index contributed by atoms with van der Waals surface area (Å²) in [5, 5.41) is 13.1. The number of aromatic nitrogens is 5. The molecule has 182 valence electrons. The van der Waals surface area contributed by atoms with E-state index in [1.807, 2.05) is 11.6 Å². The van der Waals surface area contributed by atoms with E-state index in [1.165, 1.54) is 0 Å². The van der Waals surface area contributed by atoms with Crippen LogP contribution in [0.5, 0.6) is 0 Å². The molecule has 1 aliphatic heterocycles. The van der Waals surface area contributed by atoms with Gasteiger partial charge in [0.05, 0.1) is 27.7 Å². The fourth-order valence-corrected chi connectivity index (χ4v) is 6.62. The quantitative estimate of drug-likeness (QED) is 0.410. The number of hydrogen-bond donors (Lipinski definition) is 1. The molecule has 10 nitrogen and oxygen atoms in total. The van der Waals surface area contributed by atoms with Gasteiger partial charge in [-0.2, -0.15) is 10.1 Å². The number of aryl methyl sites for hydroxylation is 1. The molecule has 1 N–H and O–H groups in total. The maximum Gasteiger partial charge on any atom is 0.261 e. The maximum absolute atomic E-state index is 13.4. The minimum Gasteiger partial charge on any atom is -0.381 e. The second-order valence-corrected chi connectivity index (χ2v) is 11.3. The molecule has 0 bridgehead atoms. The van der Waals surface area contributed by atoms with E-state index in [9.17, 15) is 8.42 Å². The smallest absolute Gasteiger partial charge is 0.261 e. The van der Waals surface area contributed by atoms with Crippen LogP contribution in [-0.2, 0) is 25.9 Å². The first-order valence-electron chi connectivity index (χ1n) is 11.9. The topological polar surface area (TPSA) is 125 Å². The third kappa shape index (κ3) is 3.61. The second-order valence-electron chi connectivity index (χ2n) is 9.01. The number of hydrogen-bond acceptors (Lipinski definition) is 9. The van der Waals surface area contributed by atoms with Gasteiger partial charge in [0, 0.05) is 32.0 Å². The molecule has 4 aromatic rings. The number of sulfone groups is 1. The van der Waals surface area contributed by atoms with E-state index in [-0.39, 0.29) is 22.7 Å². The van der Waals surface area contributed by atoms with E-state index in [0.717, 1.165) is 29.6 Å². The average Bonchev–Trinajstić information content (AvgIpc) is 3.38. The van der Waals surface area contributed by atoms with Crippen LogP contribution in [0.3, 0.4) is 0 Å². The third-order valence-corrected chi connectivity index (χ3v) is 9.38. The minimum atomic E-state index is -3.66. The standard InChI is InChI=1S/C24H26N6O4S/c1-2-30-21-18(15-26-30)20(27-16-8-12-33-13-9-16)19(14-25-21)22-28-23(29-34-22)24(10-11-24)35(31,32)17-6-4-3-5-7-17/h3-7,14-16H,2,8-13H2,1H3,(H,25,27). The van der Waals surface area contributed by atoms with E-state index < -0.39 is 14.6 Å². The van der Waals surface area contributed by atoms with Gasteiger partial charge >= 0.3 is 0 Å². The SMILES string of the molecule is CCn1ncc2c(NC3CCOCC3)c(-c3nc(C4(S(=O)(=O)c5ccccc5)CC4)no3)cnc21. The summed E-state index contributed by atoms with van der Waals surface area (Å²) in [5.74, 6) is 0.431.